The number of allylic oxidation sites excluding steroid dienone is 4. The Kier molecular flexibility index (Phi) is 4.81. The molecular weight excluding hydrogens is 216 g/mol. The molecule has 1 aliphatic rings. The minimum absolute atomic E-state index is 0.754. The normalized spacial score (nSPS) is 20.0. The van der Waals surface area contributed by atoms with Gasteiger partial charge in [-0.25, -0.2) is 0 Å². The second-order valence-corrected chi connectivity index (χ2v) is 5.32. The summed E-state index contributed by atoms with van der Waals surface area (Å²) < 4.78 is 0. The highest BCUT2D eigenvalue weighted by Gasteiger charge is 2.11. The van der Waals surface area contributed by atoms with Gasteiger partial charge in [-0.05, 0) is 50.5 Å². The molecule has 0 fully saturated rings. The summed E-state index contributed by atoms with van der Waals surface area (Å²) in [5.74, 6) is 0.754. The van der Waals surface area contributed by atoms with Crippen molar-refractivity contribution >= 4 is 0 Å². The van der Waals surface area contributed by atoms with Gasteiger partial charge in [0.25, 0.3) is 0 Å². The van der Waals surface area contributed by atoms with E-state index in [1.54, 1.807) is 5.57 Å². The van der Waals surface area contributed by atoms with Gasteiger partial charge in [0, 0.05) is 0 Å². The quantitative estimate of drug-likeness (QED) is 0.669. The average molecular weight is 240 g/mol. The van der Waals surface area contributed by atoms with Crippen LogP contribution in [0, 0.1) is 5.92 Å². The van der Waals surface area contributed by atoms with Crippen LogP contribution in [0.2, 0.25) is 0 Å². The first kappa shape index (κ1) is 13.1. The predicted molar refractivity (Wildman–Crippen MR) is 79.6 cm³/mol. The summed E-state index contributed by atoms with van der Waals surface area (Å²) >= 11 is 0. The van der Waals surface area contributed by atoms with Crippen LogP contribution in [0.3, 0.4) is 0 Å². The zero-order chi connectivity index (χ0) is 12.8. The maximum Gasteiger partial charge on any atom is -0.0224 e. The third kappa shape index (κ3) is 3.60. The Labute approximate surface area is 111 Å². The van der Waals surface area contributed by atoms with Gasteiger partial charge < -0.3 is 0 Å². The molecule has 0 amide bonds. The zero-order valence-corrected chi connectivity index (χ0v) is 11.7. The van der Waals surface area contributed by atoms with Gasteiger partial charge in [0.1, 0.15) is 0 Å². The molecule has 0 radical (unpaired) electrons. The van der Waals surface area contributed by atoms with Gasteiger partial charge in [0.15, 0.2) is 0 Å². The molecule has 1 aromatic carbocycles. The number of hydrogen-bond donors (Lipinski definition) is 0. The minimum Gasteiger partial charge on any atom is -0.0811 e. The lowest BCUT2D eigenvalue weighted by atomic mass is 9.94. The minimum atomic E-state index is 0.754. The fourth-order valence-electron chi connectivity index (χ4n) is 2.74. The molecule has 0 N–H and O–H groups in total. The van der Waals surface area contributed by atoms with E-state index in [0.29, 0.717) is 0 Å². The van der Waals surface area contributed by atoms with Crippen LogP contribution in [0.1, 0.15) is 45.1 Å². The van der Waals surface area contributed by atoms with Crippen LogP contribution in [0.4, 0.5) is 0 Å². The lowest BCUT2D eigenvalue weighted by Crippen LogP contribution is -1.99. The summed E-state index contributed by atoms with van der Waals surface area (Å²) in [5.41, 5.74) is 4.61. The van der Waals surface area contributed by atoms with Gasteiger partial charge in [0.05, 0.1) is 0 Å². The SMILES string of the molecule is CCC1=C(C)C=CC(CCc2ccccc2)CC1. The topological polar surface area (TPSA) is 0 Å². The summed E-state index contributed by atoms with van der Waals surface area (Å²) in [6, 6.07) is 10.8. The van der Waals surface area contributed by atoms with E-state index in [0.717, 1.165) is 5.92 Å². The molecule has 0 heteroatoms. The van der Waals surface area contributed by atoms with E-state index < -0.39 is 0 Å². The highest BCUT2D eigenvalue weighted by molar-refractivity contribution is 5.26. The molecule has 0 aliphatic heterocycles. The summed E-state index contributed by atoms with van der Waals surface area (Å²) in [7, 11) is 0. The molecule has 0 spiro atoms. The van der Waals surface area contributed by atoms with Crippen LogP contribution in [0.5, 0.6) is 0 Å². The van der Waals surface area contributed by atoms with Gasteiger partial charge >= 0.3 is 0 Å². The summed E-state index contributed by atoms with van der Waals surface area (Å²) in [4.78, 5) is 0. The van der Waals surface area contributed by atoms with Crippen molar-refractivity contribution in [1.82, 2.24) is 0 Å². The Hall–Kier alpha value is -1.30. The van der Waals surface area contributed by atoms with Crippen molar-refractivity contribution in [2.24, 2.45) is 5.92 Å². The van der Waals surface area contributed by atoms with E-state index in [1.165, 1.54) is 43.2 Å². The van der Waals surface area contributed by atoms with Gasteiger partial charge in [-0.1, -0.05) is 60.6 Å². The Balaban J connectivity index is 1.88. The van der Waals surface area contributed by atoms with Crippen molar-refractivity contribution in [3.05, 3.63) is 59.2 Å². The molecular formula is C18H24. The first-order valence-electron chi connectivity index (χ1n) is 7.20. The second kappa shape index (κ2) is 6.58. The monoisotopic (exact) mass is 240 g/mol. The molecule has 0 saturated heterocycles. The zero-order valence-electron chi connectivity index (χ0n) is 11.7. The van der Waals surface area contributed by atoms with E-state index in [4.69, 9.17) is 0 Å². The molecule has 2 rings (SSSR count). The molecule has 0 nitrogen and oxygen atoms in total. The summed E-state index contributed by atoms with van der Waals surface area (Å²) in [5, 5.41) is 0. The smallest absolute Gasteiger partial charge is 0.0224 e. The standard InChI is InChI=1S/C18H24/c1-3-18-14-13-17(10-9-15(18)2)12-11-16-7-5-4-6-8-16/h4-10,17H,3,11-14H2,1-2H3. The van der Waals surface area contributed by atoms with Crippen molar-refractivity contribution in [3.8, 4) is 0 Å². The van der Waals surface area contributed by atoms with Gasteiger partial charge in [-0.2, -0.15) is 0 Å². The lowest BCUT2D eigenvalue weighted by molar-refractivity contribution is 0.543. The Morgan fingerprint density at radius 2 is 1.94 bits per heavy atom. The first-order valence-corrected chi connectivity index (χ1v) is 7.20. The highest BCUT2D eigenvalue weighted by atomic mass is 14.2. The van der Waals surface area contributed by atoms with Crippen molar-refractivity contribution in [3.63, 3.8) is 0 Å². The summed E-state index contributed by atoms with van der Waals surface area (Å²) in [6.45, 7) is 4.53. The molecule has 1 aliphatic carbocycles. The Bertz CT molecular complexity index is 423. The first-order chi connectivity index (χ1) is 8.79. The second-order valence-electron chi connectivity index (χ2n) is 5.32. The van der Waals surface area contributed by atoms with Crippen LogP contribution in [-0.4, -0.2) is 0 Å². The van der Waals surface area contributed by atoms with Crippen LogP contribution in [-0.2, 0) is 6.42 Å². The maximum atomic E-state index is 2.43. The Morgan fingerprint density at radius 3 is 2.67 bits per heavy atom. The number of hydrogen-bond acceptors (Lipinski definition) is 0. The van der Waals surface area contributed by atoms with Crippen LogP contribution in [0.15, 0.2) is 53.6 Å². The van der Waals surface area contributed by atoms with E-state index in [-0.39, 0.29) is 0 Å². The van der Waals surface area contributed by atoms with Crippen molar-refractivity contribution in [2.75, 3.05) is 0 Å². The predicted octanol–water partition coefficient (Wildman–Crippen LogP) is 5.31. The molecule has 0 saturated carbocycles. The number of benzene rings is 1. The van der Waals surface area contributed by atoms with E-state index in [2.05, 4.69) is 56.3 Å². The molecule has 1 atom stereocenters. The third-order valence-electron chi connectivity index (χ3n) is 4.07. The third-order valence-corrected chi connectivity index (χ3v) is 4.07. The van der Waals surface area contributed by atoms with Gasteiger partial charge in [-0.15, -0.1) is 0 Å². The molecule has 0 bridgehead atoms. The molecule has 0 heterocycles. The summed E-state index contributed by atoms with van der Waals surface area (Å²) in [6.07, 6.45) is 11.1. The van der Waals surface area contributed by atoms with E-state index in [1.807, 2.05) is 0 Å². The van der Waals surface area contributed by atoms with Crippen molar-refractivity contribution in [1.29, 1.82) is 0 Å². The van der Waals surface area contributed by atoms with E-state index >= 15 is 0 Å². The number of rotatable bonds is 4. The average Bonchev–Trinajstić information content (AvgIpc) is 2.59. The largest absolute Gasteiger partial charge is 0.0811 e. The molecule has 96 valence electrons. The Morgan fingerprint density at radius 1 is 1.17 bits per heavy atom. The van der Waals surface area contributed by atoms with Gasteiger partial charge in [0.2, 0.25) is 0 Å². The fourth-order valence-corrected chi connectivity index (χ4v) is 2.74. The molecule has 1 unspecified atom stereocenters. The fraction of sp³-hybridized carbons (Fsp3) is 0.444. The van der Waals surface area contributed by atoms with Crippen molar-refractivity contribution in [2.45, 2.75) is 46.0 Å². The van der Waals surface area contributed by atoms with Crippen LogP contribution in [0.25, 0.3) is 0 Å². The molecule has 0 aromatic heterocycles. The molecule has 18 heavy (non-hydrogen) atoms. The number of aryl methyl sites for hydroxylation is 1. The van der Waals surface area contributed by atoms with E-state index in [9.17, 15) is 0 Å². The van der Waals surface area contributed by atoms with Crippen molar-refractivity contribution < 1.29 is 0 Å². The maximum absolute atomic E-state index is 2.43. The van der Waals surface area contributed by atoms with Crippen LogP contribution < -0.4 is 0 Å². The lowest BCUT2D eigenvalue weighted by Gasteiger charge is -2.11. The highest BCUT2D eigenvalue weighted by Crippen LogP contribution is 2.27. The molecule has 1 aromatic rings. The van der Waals surface area contributed by atoms with Crippen LogP contribution >= 0.6 is 0 Å². The van der Waals surface area contributed by atoms with Gasteiger partial charge in [-0.3, -0.25) is 0 Å².